The van der Waals surface area contributed by atoms with Crippen LogP contribution in [0.4, 0.5) is 0 Å². The SMILES string of the molecule is CCC(C)Sc1ncc(Br)c2ccsc12. The fourth-order valence-electron chi connectivity index (χ4n) is 1.26. The summed E-state index contributed by atoms with van der Waals surface area (Å²) < 4.78 is 2.39. The molecule has 80 valence electrons. The molecule has 1 atom stereocenters. The molecule has 1 unspecified atom stereocenters. The molecule has 0 aliphatic rings. The van der Waals surface area contributed by atoms with Crippen LogP contribution in [0.1, 0.15) is 20.3 Å². The van der Waals surface area contributed by atoms with Gasteiger partial charge in [-0.2, -0.15) is 0 Å². The maximum Gasteiger partial charge on any atom is 0.114 e. The second kappa shape index (κ2) is 4.85. The molecule has 2 heterocycles. The van der Waals surface area contributed by atoms with Gasteiger partial charge in [-0.25, -0.2) is 4.98 Å². The van der Waals surface area contributed by atoms with Gasteiger partial charge in [0.25, 0.3) is 0 Å². The third-order valence-corrected chi connectivity index (χ3v) is 5.25. The van der Waals surface area contributed by atoms with Crippen LogP contribution in [0.2, 0.25) is 0 Å². The Morgan fingerprint density at radius 2 is 2.40 bits per heavy atom. The maximum atomic E-state index is 4.49. The van der Waals surface area contributed by atoms with Gasteiger partial charge in [0.1, 0.15) is 5.03 Å². The Hall–Kier alpha value is -0.0600. The first kappa shape index (κ1) is 11.4. The average Bonchev–Trinajstić information content (AvgIpc) is 2.71. The Balaban J connectivity index is 2.43. The number of pyridine rings is 1. The number of fused-ring (bicyclic) bond motifs is 1. The Morgan fingerprint density at radius 3 is 3.13 bits per heavy atom. The van der Waals surface area contributed by atoms with Crippen LogP contribution in [0.25, 0.3) is 10.1 Å². The molecule has 0 amide bonds. The van der Waals surface area contributed by atoms with Crippen molar-refractivity contribution in [1.29, 1.82) is 0 Å². The fraction of sp³-hybridized carbons (Fsp3) is 0.364. The number of thiophene rings is 1. The summed E-state index contributed by atoms with van der Waals surface area (Å²) in [7, 11) is 0. The maximum absolute atomic E-state index is 4.49. The van der Waals surface area contributed by atoms with Gasteiger partial charge in [-0.05, 0) is 33.8 Å². The van der Waals surface area contributed by atoms with Crippen LogP contribution in [0.5, 0.6) is 0 Å². The van der Waals surface area contributed by atoms with Gasteiger partial charge >= 0.3 is 0 Å². The smallest absolute Gasteiger partial charge is 0.114 e. The standard InChI is InChI=1S/C11H12BrNS2/c1-3-7(2)15-11-10-8(4-5-14-10)9(12)6-13-11/h4-7H,3H2,1-2H3. The molecule has 0 fully saturated rings. The third-order valence-electron chi connectivity index (χ3n) is 2.30. The van der Waals surface area contributed by atoms with Crippen LogP contribution in [-0.4, -0.2) is 10.2 Å². The molecular weight excluding hydrogens is 290 g/mol. The largest absolute Gasteiger partial charge is 0.247 e. The zero-order valence-electron chi connectivity index (χ0n) is 8.66. The molecule has 0 bridgehead atoms. The van der Waals surface area contributed by atoms with E-state index in [-0.39, 0.29) is 0 Å². The summed E-state index contributed by atoms with van der Waals surface area (Å²) in [6.07, 6.45) is 3.08. The number of rotatable bonds is 3. The first-order valence-electron chi connectivity index (χ1n) is 4.90. The number of thioether (sulfide) groups is 1. The summed E-state index contributed by atoms with van der Waals surface area (Å²) in [6, 6.07) is 2.15. The zero-order valence-corrected chi connectivity index (χ0v) is 11.9. The van der Waals surface area contributed by atoms with E-state index >= 15 is 0 Å². The van der Waals surface area contributed by atoms with E-state index in [2.05, 4.69) is 46.2 Å². The van der Waals surface area contributed by atoms with Crippen LogP contribution in [0.3, 0.4) is 0 Å². The highest BCUT2D eigenvalue weighted by Gasteiger charge is 2.10. The Labute approximate surface area is 106 Å². The van der Waals surface area contributed by atoms with Crippen molar-refractivity contribution in [3.05, 3.63) is 22.1 Å². The van der Waals surface area contributed by atoms with E-state index in [1.807, 2.05) is 18.0 Å². The van der Waals surface area contributed by atoms with E-state index in [0.717, 1.165) is 9.50 Å². The highest BCUT2D eigenvalue weighted by molar-refractivity contribution is 9.10. The molecule has 1 nitrogen and oxygen atoms in total. The minimum absolute atomic E-state index is 0.629. The summed E-state index contributed by atoms with van der Waals surface area (Å²) in [6.45, 7) is 4.45. The predicted molar refractivity (Wildman–Crippen MR) is 72.9 cm³/mol. The van der Waals surface area contributed by atoms with E-state index in [1.54, 1.807) is 11.3 Å². The van der Waals surface area contributed by atoms with Crippen LogP contribution < -0.4 is 0 Å². The molecule has 0 saturated carbocycles. The van der Waals surface area contributed by atoms with Crippen molar-refractivity contribution in [3.63, 3.8) is 0 Å². The third kappa shape index (κ3) is 2.37. The highest BCUT2D eigenvalue weighted by Crippen LogP contribution is 2.36. The van der Waals surface area contributed by atoms with E-state index < -0.39 is 0 Å². The van der Waals surface area contributed by atoms with Gasteiger partial charge in [0, 0.05) is 21.3 Å². The van der Waals surface area contributed by atoms with Crippen LogP contribution in [0.15, 0.2) is 27.1 Å². The second-order valence-corrected chi connectivity index (χ2v) is 6.61. The number of hydrogen-bond donors (Lipinski definition) is 0. The van der Waals surface area contributed by atoms with E-state index in [1.165, 1.54) is 16.5 Å². The lowest BCUT2D eigenvalue weighted by atomic mass is 10.3. The molecule has 0 aliphatic carbocycles. The first-order valence-corrected chi connectivity index (χ1v) is 7.46. The van der Waals surface area contributed by atoms with Gasteiger partial charge in [0.15, 0.2) is 0 Å². The lowest BCUT2D eigenvalue weighted by molar-refractivity contribution is 0.903. The van der Waals surface area contributed by atoms with Crippen molar-refractivity contribution in [2.45, 2.75) is 30.5 Å². The van der Waals surface area contributed by atoms with Gasteiger partial charge in [-0.3, -0.25) is 0 Å². The molecule has 0 aliphatic heterocycles. The molecule has 0 N–H and O–H groups in total. The van der Waals surface area contributed by atoms with Crippen molar-refractivity contribution in [2.24, 2.45) is 0 Å². The van der Waals surface area contributed by atoms with Crippen LogP contribution >= 0.6 is 39.0 Å². The molecule has 2 rings (SSSR count). The van der Waals surface area contributed by atoms with Crippen molar-refractivity contribution in [1.82, 2.24) is 4.98 Å². The van der Waals surface area contributed by atoms with Gasteiger partial charge in [0.2, 0.25) is 0 Å². The zero-order chi connectivity index (χ0) is 10.8. The van der Waals surface area contributed by atoms with E-state index in [0.29, 0.717) is 5.25 Å². The van der Waals surface area contributed by atoms with Gasteiger partial charge < -0.3 is 0 Å². The molecule has 15 heavy (non-hydrogen) atoms. The molecule has 2 aromatic heterocycles. The van der Waals surface area contributed by atoms with Crippen molar-refractivity contribution in [2.75, 3.05) is 0 Å². The number of nitrogens with zero attached hydrogens (tertiary/aromatic N) is 1. The van der Waals surface area contributed by atoms with Gasteiger partial charge in [-0.15, -0.1) is 23.1 Å². The quantitative estimate of drug-likeness (QED) is 0.744. The van der Waals surface area contributed by atoms with Crippen molar-refractivity contribution in [3.8, 4) is 0 Å². The molecule has 0 aromatic carbocycles. The average molecular weight is 302 g/mol. The highest BCUT2D eigenvalue weighted by atomic mass is 79.9. The van der Waals surface area contributed by atoms with Gasteiger partial charge in [-0.1, -0.05) is 13.8 Å². The summed E-state index contributed by atoms with van der Waals surface area (Å²) in [5.74, 6) is 0. The Bertz CT molecular complexity index is 467. The predicted octanol–water partition coefficient (Wildman–Crippen LogP) is 4.95. The summed E-state index contributed by atoms with van der Waals surface area (Å²) in [5, 5.41) is 5.19. The first-order chi connectivity index (χ1) is 7.22. The number of aromatic nitrogens is 1. The number of hydrogen-bond acceptors (Lipinski definition) is 3. The van der Waals surface area contributed by atoms with E-state index in [4.69, 9.17) is 0 Å². The van der Waals surface area contributed by atoms with Gasteiger partial charge in [0.05, 0.1) is 4.70 Å². The minimum atomic E-state index is 0.629. The lowest BCUT2D eigenvalue weighted by Gasteiger charge is -2.08. The van der Waals surface area contributed by atoms with Crippen molar-refractivity contribution < 1.29 is 0 Å². The monoisotopic (exact) mass is 301 g/mol. The molecule has 2 aromatic rings. The summed E-state index contributed by atoms with van der Waals surface area (Å²) in [5.41, 5.74) is 0. The second-order valence-electron chi connectivity index (χ2n) is 3.41. The Morgan fingerprint density at radius 1 is 1.60 bits per heavy atom. The summed E-state index contributed by atoms with van der Waals surface area (Å²) in [4.78, 5) is 4.49. The van der Waals surface area contributed by atoms with Crippen LogP contribution in [-0.2, 0) is 0 Å². The number of halogens is 1. The normalized spacial score (nSPS) is 13.3. The van der Waals surface area contributed by atoms with Crippen LogP contribution in [0, 0.1) is 0 Å². The molecular formula is C11H12BrNS2. The lowest BCUT2D eigenvalue weighted by Crippen LogP contribution is -1.93. The molecule has 0 saturated heterocycles. The minimum Gasteiger partial charge on any atom is -0.247 e. The Kier molecular flexibility index (Phi) is 3.69. The fourth-order valence-corrected chi connectivity index (χ4v) is 3.79. The molecule has 0 spiro atoms. The van der Waals surface area contributed by atoms with E-state index in [9.17, 15) is 0 Å². The van der Waals surface area contributed by atoms with Crippen molar-refractivity contribution >= 4 is 49.1 Å². The topological polar surface area (TPSA) is 12.9 Å². The summed E-state index contributed by atoms with van der Waals surface area (Å²) >= 11 is 7.16. The molecule has 0 radical (unpaired) electrons. The molecule has 4 heteroatoms.